The van der Waals surface area contributed by atoms with Gasteiger partial charge in [0.25, 0.3) is 0 Å². The lowest BCUT2D eigenvalue weighted by Gasteiger charge is -2.12. The van der Waals surface area contributed by atoms with Crippen molar-refractivity contribution in [3.63, 3.8) is 0 Å². The van der Waals surface area contributed by atoms with Gasteiger partial charge in [0.05, 0.1) is 6.07 Å². The highest BCUT2D eigenvalue weighted by Crippen LogP contribution is 2.33. The second-order valence-corrected chi connectivity index (χ2v) is 4.62. The minimum absolute atomic E-state index is 0.302. The first-order valence-corrected chi connectivity index (χ1v) is 6.18. The van der Waals surface area contributed by atoms with Crippen molar-refractivity contribution in [2.45, 2.75) is 5.92 Å². The first-order chi connectivity index (χ1) is 9.15. The van der Waals surface area contributed by atoms with Crippen molar-refractivity contribution in [1.82, 2.24) is 4.98 Å². The molecule has 0 radical (unpaired) electrons. The van der Waals surface area contributed by atoms with Crippen LogP contribution in [0.2, 0.25) is 10.0 Å². The number of carbonyl (C=O) groups is 1. The molecule has 0 aliphatic heterocycles. The Morgan fingerprint density at radius 2 is 1.89 bits per heavy atom. The van der Waals surface area contributed by atoms with E-state index in [9.17, 15) is 10.1 Å². The van der Waals surface area contributed by atoms with Gasteiger partial charge < -0.3 is 0 Å². The van der Waals surface area contributed by atoms with Crippen LogP contribution >= 0.6 is 23.2 Å². The summed E-state index contributed by atoms with van der Waals surface area (Å²) in [6.45, 7) is 0. The predicted molar refractivity (Wildman–Crippen MR) is 73.4 cm³/mol. The molecular formula is C14H8Cl2N2O. The fourth-order valence-corrected chi connectivity index (χ4v) is 2.33. The molecule has 5 heteroatoms. The van der Waals surface area contributed by atoms with Crippen molar-refractivity contribution in [1.29, 1.82) is 5.26 Å². The number of halogens is 2. The highest BCUT2D eigenvalue weighted by molar-refractivity contribution is 6.36. The van der Waals surface area contributed by atoms with E-state index in [1.807, 2.05) is 6.07 Å². The van der Waals surface area contributed by atoms with E-state index in [1.165, 1.54) is 6.20 Å². The van der Waals surface area contributed by atoms with Gasteiger partial charge in [0.2, 0.25) is 0 Å². The van der Waals surface area contributed by atoms with Gasteiger partial charge in [-0.1, -0.05) is 29.3 Å². The van der Waals surface area contributed by atoms with Gasteiger partial charge in [-0.05, 0) is 24.3 Å². The number of nitriles is 1. The Morgan fingerprint density at radius 3 is 2.42 bits per heavy atom. The number of benzene rings is 1. The molecule has 2 rings (SSSR count). The maximum Gasteiger partial charge on any atom is 0.186 e. The van der Waals surface area contributed by atoms with Crippen molar-refractivity contribution in [2.24, 2.45) is 0 Å². The summed E-state index contributed by atoms with van der Waals surface area (Å²) in [6.07, 6.45) is 2.97. The average Bonchev–Trinajstić information content (AvgIpc) is 2.43. The van der Waals surface area contributed by atoms with Crippen LogP contribution in [0.5, 0.6) is 0 Å². The summed E-state index contributed by atoms with van der Waals surface area (Å²) < 4.78 is 0. The Labute approximate surface area is 120 Å². The quantitative estimate of drug-likeness (QED) is 0.806. The van der Waals surface area contributed by atoms with Crippen molar-refractivity contribution in [3.05, 3.63) is 63.9 Å². The molecule has 3 nitrogen and oxygen atoms in total. The Balaban J connectivity index is 2.47. The van der Waals surface area contributed by atoms with Crippen LogP contribution in [0.15, 0.2) is 42.7 Å². The fourth-order valence-electron chi connectivity index (χ4n) is 1.72. The summed E-state index contributed by atoms with van der Waals surface area (Å²) in [6, 6.07) is 10.1. The number of rotatable bonds is 3. The number of carbonyl (C=O) groups excluding carboxylic acids is 1. The van der Waals surface area contributed by atoms with Crippen LogP contribution in [0.4, 0.5) is 0 Å². The van der Waals surface area contributed by atoms with Crippen LogP contribution in [-0.4, -0.2) is 10.8 Å². The maximum atomic E-state index is 12.3. The maximum absolute atomic E-state index is 12.3. The van der Waals surface area contributed by atoms with Crippen LogP contribution in [0.1, 0.15) is 21.8 Å². The molecule has 0 aliphatic carbocycles. The van der Waals surface area contributed by atoms with Crippen LogP contribution in [0.3, 0.4) is 0 Å². The second-order valence-electron chi connectivity index (χ2n) is 3.80. The highest BCUT2D eigenvalue weighted by Gasteiger charge is 2.26. The van der Waals surface area contributed by atoms with Gasteiger partial charge in [-0.3, -0.25) is 9.78 Å². The predicted octanol–water partition coefficient (Wildman–Crippen LogP) is 3.88. The molecular weight excluding hydrogens is 283 g/mol. The van der Waals surface area contributed by atoms with Crippen LogP contribution in [0, 0.1) is 11.3 Å². The molecule has 0 amide bonds. The normalized spacial score (nSPS) is 11.6. The molecule has 0 saturated carbocycles. The van der Waals surface area contributed by atoms with Crippen molar-refractivity contribution < 1.29 is 4.79 Å². The number of ketones is 1. The average molecular weight is 291 g/mol. The molecule has 1 aromatic carbocycles. The Kier molecular flexibility index (Phi) is 4.16. The first-order valence-electron chi connectivity index (χ1n) is 5.43. The van der Waals surface area contributed by atoms with Crippen LogP contribution in [0.25, 0.3) is 0 Å². The second kappa shape index (κ2) is 5.83. The summed E-state index contributed by atoms with van der Waals surface area (Å²) in [7, 11) is 0. The molecule has 1 atom stereocenters. The molecule has 1 heterocycles. The van der Waals surface area contributed by atoms with E-state index >= 15 is 0 Å². The van der Waals surface area contributed by atoms with Crippen molar-refractivity contribution in [2.75, 3.05) is 0 Å². The minimum Gasteiger partial charge on any atom is -0.292 e. The monoisotopic (exact) mass is 290 g/mol. The van der Waals surface area contributed by atoms with Crippen LogP contribution < -0.4 is 0 Å². The molecule has 0 spiro atoms. The lowest BCUT2D eigenvalue weighted by molar-refractivity contribution is 0.0978. The number of Topliss-reactive ketones (excluding diaryl/α,β-unsaturated/α-hetero) is 1. The lowest BCUT2D eigenvalue weighted by atomic mass is 9.92. The van der Waals surface area contributed by atoms with Gasteiger partial charge in [0.15, 0.2) is 5.78 Å². The highest BCUT2D eigenvalue weighted by atomic mass is 35.5. The molecule has 1 aromatic heterocycles. The number of pyridine rings is 1. The third kappa shape index (κ3) is 2.76. The zero-order valence-electron chi connectivity index (χ0n) is 9.68. The first kappa shape index (κ1) is 13.5. The molecule has 0 saturated heterocycles. The summed E-state index contributed by atoms with van der Waals surface area (Å²) in [5.74, 6) is -1.41. The molecule has 0 N–H and O–H groups in total. The molecule has 94 valence electrons. The lowest BCUT2D eigenvalue weighted by Crippen LogP contribution is -2.12. The van der Waals surface area contributed by atoms with Gasteiger partial charge >= 0.3 is 0 Å². The molecule has 0 bridgehead atoms. The number of hydrogen-bond donors (Lipinski definition) is 0. The summed E-state index contributed by atoms with van der Waals surface area (Å²) in [4.78, 5) is 16.2. The smallest absolute Gasteiger partial charge is 0.186 e. The van der Waals surface area contributed by atoms with E-state index in [0.29, 0.717) is 21.2 Å². The van der Waals surface area contributed by atoms with Gasteiger partial charge in [-0.2, -0.15) is 5.26 Å². The van der Waals surface area contributed by atoms with E-state index in [0.717, 1.165) is 0 Å². The SMILES string of the molecule is N#CC(C(=O)c1cccnc1)c1c(Cl)cccc1Cl. The Bertz CT molecular complexity index is 630. The number of hydrogen-bond acceptors (Lipinski definition) is 3. The standard InChI is InChI=1S/C14H8Cl2N2O/c15-11-4-1-5-12(16)13(11)10(7-17)14(19)9-3-2-6-18-8-9/h1-6,8,10H. The van der Waals surface area contributed by atoms with Gasteiger partial charge in [-0.15, -0.1) is 0 Å². The summed E-state index contributed by atoms with van der Waals surface area (Å²) in [5.41, 5.74) is 0.687. The Hall–Kier alpha value is -1.89. The van der Waals surface area contributed by atoms with E-state index in [1.54, 1.807) is 36.5 Å². The zero-order valence-corrected chi connectivity index (χ0v) is 11.2. The van der Waals surface area contributed by atoms with Gasteiger partial charge in [-0.25, -0.2) is 0 Å². The van der Waals surface area contributed by atoms with E-state index in [2.05, 4.69) is 4.98 Å². The third-order valence-corrected chi connectivity index (χ3v) is 3.28. The fraction of sp³-hybridized carbons (Fsp3) is 0.0714. The Morgan fingerprint density at radius 1 is 1.21 bits per heavy atom. The van der Waals surface area contributed by atoms with E-state index in [4.69, 9.17) is 23.2 Å². The zero-order chi connectivity index (χ0) is 13.8. The van der Waals surface area contributed by atoms with E-state index < -0.39 is 5.92 Å². The number of nitrogens with zero attached hydrogens (tertiary/aromatic N) is 2. The topological polar surface area (TPSA) is 53.8 Å². The van der Waals surface area contributed by atoms with Gasteiger partial charge in [0.1, 0.15) is 5.92 Å². The third-order valence-electron chi connectivity index (χ3n) is 2.63. The van der Waals surface area contributed by atoms with Gasteiger partial charge in [0, 0.05) is 33.6 Å². The molecule has 1 unspecified atom stereocenters. The van der Waals surface area contributed by atoms with Crippen molar-refractivity contribution >= 4 is 29.0 Å². The molecule has 2 aromatic rings. The van der Waals surface area contributed by atoms with Crippen molar-refractivity contribution in [3.8, 4) is 6.07 Å². The molecule has 0 aliphatic rings. The molecule has 19 heavy (non-hydrogen) atoms. The minimum atomic E-state index is -1.04. The summed E-state index contributed by atoms with van der Waals surface area (Å²) >= 11 is 12.1. The largest absolute Gasteiger partial charge is 0.292 e. The van der Waals surface area contributed by atoms with E-state index in [-0.39, 0.29) is 5.78 Å². The summed E-state index contributed by atoms with van der Waals surface area (Å²) in [5, 5.41) is 9.86. The number of aromatic nitrogens is 1. The molecule has 0 fully saturated rings. The van der Waals surface area contributed by atoms with Crippen LogP contribution in [-0.2, 0) is 0 Å².